The summed E-state index contributed by atoms with van der Waals surface area (Å²) in [6.07, 6.45) is 2.75. The molecule has 2 heteroatoms. The third kappa shape index (κ3) is 1.45. The fourth-order valence-electron chi connectivity index (χ4n) is 1.69. The molecular weight excluding hydrogens is 140 g/mol. The molecule has 0 radical (unpaired) electrons. The molecule has 0 unspecified atom stereocenters. The van der Waals surface area contributed by atoms with Crippen LogP contribution in [0.2, 0.25) is 0 Å². The molecular formula is C9H16O2. The number of aliphatic hydroxyl groups excluding tert-OH is 1. The van der Waals surface area contributed by atoms with Crippen LogP contribution in [0, 0.1) is 5.41 Å². The van der Waals surface area contributed by atoms with Gasteiger partial charge >= 0.3 is 0 Å². The zero-order valence-corrected chi connectivity index (χ0v) is 7.26. The van der Waals surface area contributed by atoms with Gasteiger partial charge in [-0.2, -0.15) is 0 Å². The maximum atomic E-state index is 11.4. The van der Waals surface area contributed by atoms with Crippen LogP contribution < -0.4 is 0 Å². The number of hydrogen-bond acceptors (Lipinski definition) is 2. The number of carbonyl (C=O) groups is 1. The van der Waals surface area contributed by atoms with Gasteiger partial charge in [-0.1, -0.05) is 13.8 Å². The average Bonchev–Trinajstić information content (AvgIpc) is 2.00. The minimum atomic E-state index is -0.686. The van der Waals surface area contributed by atoms with Gasteiger partial charge in [0.15, 0.2) is 5.78 Å². The highest BCUT2D eigenvalue weighted by Crippen LogP contribution is 2.35. The van der Waals surface area contributed by atoms with Crippen molar-refractivity contribution in [2.45, 2.75) is 45.6 Å². The molecule has 64 valence electrons. The molecule has 0 heterocycles. The Morgan fingerprint density at radius 2 is 2.36 bits per heavy atom. The molecule has 0 aliphatic heterocycles. The van der Waals surface area contributed by atoms with Gasteiger partial charge in [0.1, 0.15) is 6.10 Å². The second-order valence-electron chi connectivity index (χ2n) is 3.69. The molecule has 1 N–H and O–H groups in total. The van der Waals surface area contributed by atoms with Crippen LogP contribution in [-0.4, -0.2) is 17.0 Å². The molecule has 0 amide bonds. The summed E-state index contributed by atoms with van der Waals surface area (Å²) in [5.41, 5.74) is -0.238. The number of hydrogen-bond donors (Lipinski definition) is 1. The zero-order chi connectivity index (χ0) is 8.48. The highest BCUT2D eigenvalue weighted by Gasteiger charge is 2.38. The van der Waals surface area contributed by atoms with E-state index >= 15 is 0 Å². The van der Waals surface area contributed by atoms with E-state index in [4.69, 9.17) is 0 Å². The van der Waals surface area contributed by atoms with Crippen LogP contribution in [0.15, 0.2) is 0 Å². The fraction of sp³-hybridized carbons (Fsp3) is 0.889. The minimum Gasteiger partial charge on any atom is -0.385 e. The Hall–Kier alpha value is -0.370. The van der Waals surface area contributed by atoms with Gasteiger partial charge in [0.05, 0.1) is 0 Å². The Kier molecular flexibility index (Phi) is 2.33. The summed E-state index contributed by atoms with van der Waals surface area (Å²) < 4.78 is 0. The van der Waals surface area contributed by atoms with Crippen molar-refractivity contribution in [2.24, 2.45) is 5.41 Å². The van der Waals surface area contributed by atoms with Crippen molar-refractivity contribution in [3.63, 3.8) is 0 Å². The van der Waals surface area contributed by atoms with E-state index in [9.17, 15) is 9.90 Å². The van der Waals surface area contributed by atoms with Crippen LogP contribution in [0.3, 0.4) is 0 Å². The molecule has 1 fully saturated rings. The Bertz CT molecular complexity index is 165. The Balaban J connectivity index is 2.72. The molecule has 0 aromatic heterocycles. The van der Waals surface area contributed by atoms with Gasteiger partial charge in [0, 0.05) is 5.41 Å². The molecule has 0 bridgehead atoms. The number of Topliss-reactive ketones (excluding diaryl/α,β-unsaturated/α-hetero) is 1. The number of carbonyl (C=O) groups excluding carboxylic acids is 1. The Morgan fingerprint density at radius 3 is 2.82 bits per heavy atom. The molecule has 1 rings (SSSR count). The van der Waals surface area contributed by atoms with E-state index in [0.29, 0.717) is 6.42 Å². The highest BCUT2D eigenvalue weighted by atomic mass is 16.3. The maximum absolute atomic E-state index is 11.4. The van der Waals surface area contributed by atoms with Gasteiger partial charge in [-0.15, -0.1) is 0 Å². The quantitative estimate of drug-likeness (QED) is 0.625. The molecule has 2 nitrogen and oxygen atoms in total. The third-order valence-electron chi connectivity index (χ3n) is 2.88. The second kappa shape index (κ2) is 2.94. The van der Waals surface area contributed by atoms with E-state index in [-0.39, 0.29) is 11.2 Å². The van der Waals surface area contributed by atoms with Crippen molar-refractivity contribution in [1.29, 1.82) is 0 Å². The smallest absolute Gasteiger partial charge is 0.167 e. The first-order valence-corrected chi connectivity index (χ1v) is 4.32. The van der Waals surface area contributed by atoms with Gasteiger partial charge in [-0.05, 0) is 25.7 Å². The summed E-state index contributed by atoms with van der Waals surface area (Å²) in [4.78, 5) is 11.4. The van der Waals surface area contributed by atoms with E-state index in [1.807, 2.05) is 13.8 Å². The number of aliphatic hydroxyl groups is 1. The van der Waals surface area contributed by atoms with Crippen molar-refractivity contribution < 1.29 is 9.90 Å². The summed E-state index contributed by atoms with van der Waals surface area (Å²) >= 11 is 0. The number of rotatable bonds is 1. The lowest BCUT2D eigenvalue weighted by Crippen LogP contribution is -2.40. The predicted octanol–water partition coefficient (Wildman–Crippen LogP) is 1.52. The average molecular weight is 156 g/mol. The van der Waals surface area contributed by atoms with Crippen LogP contribution in [-0.2, 0) is 4.79 Å². The zero-order valence-electron chi connectivity index (χ0n) is 7.26. The Labute approximate surface area is 67.6 Å². The monoisotopic (exact) mass is 156 g/mol. The van der Waals surface area contributed by atoms with Crippen molar-refractivity contribution >= 4 is 5.78 Å². The molecule has 2 atom stereocenters. The fourth-order valence-corrected chi connectivity index (χ4v) is 1.69. The first-order chi connectivity index (χ1) is 5.10. The van der Waals surface area contributed by atoms with E-state index in [2.05, 4.69) is 0 Å². The molecule has 11 heavy (non-hydrogen) atoms. The normalized spacial score (nSPS) is 39.2. The first-order valence-electron chi connectivity index (χ1n) is 4.32. The summed E-state index contributed by atoms with van der Waals surface area (Å²) in [6.45, 7) is 3.97. The van der Waals surface area contributed by atoms with Crippen LogP contribution in [0.4, 0.5) is 0 Å². The van der Waals surface area contributed by atoms with E-state index in [0.717, 1.165) is 19.3 Å². The first kappa shape index (κ1) is 8.72. The van der Waals surface area contributed by atoms with Crippen molar-refractivity contribution in [1.82, 2.24) is 0 Å². The summed E-state index contributed by atoms with van der Waals surface area (Å²) in [7, 11) is 0. The summed E-state index contributed by atoms with van der Waals surface area (Å²) in [5.74, 6) is 0.0475. The molecule has 1 aliphatic carbocycles. The van der Waals surface area contributed by atoms with Gasteiger partial charge in [-0.3, -0.25) is 4.79 Å². The molecule has 1 saturated carbocycles. The summed E-state index contributed by atoms with van der Waals surface area (Å²) in [5, 5.41) is 9.29. The van der Waals surface area contributed by atoms with Crippen LogP contribution >= 0.6 is 0 Å². The molecule has 0 aromatic carbocycles. The standard InChI is InChI=1S/C9H16O2/c1-3-9(2)6-4-5-7(10)8(9)11/h7,10H,3-6H2,1-2H3/t7-,9-/m1/s1. The molecule has 0 saturated heterocycles. The molecule has 0 aromatic rings. The van der Waals surface area contributed by atoms with E-state index in [1.54, 1.807) is 0 Å². The van der Waals surface area contributed by atoms with Crippen LogP contribution in [0.5, 0.6) is 0 Å². The Morgan fingerprint density at radius 1 is 1.73 bits per heavy atom. The predicted molar refractivity (Wildman–Crippen MR) is 43.3 cm³/mol. The van der Waals surface area contributed by atoms with Crippen molar-refractivity contribution in [2.75, 3.05) is 0 Å². The van der Waals surface area contributed by atoms with Crippen LogP contribution in [0.1, 0.15) is 39.5 Å². The SMILES string of the molecule is CC[C@]1(C)CCC[C@@H](O)C1=O. The van der Waals surface area contributed by atoms with E-state index in [1.165, 1.54) is 0 Å². The lowest BCUT2D eigenvalue weighted by Gasteiger charge is -2.33. The van der Waals surface area contributed by atoms with Crippen molar-refractivity contribution in [3.8, 4) is 0 Å². The maximum Gasteiger partial charge on any atom is 0.167 e. The largest absolute Gasteiger partial charge is 0.385 e. The highest BCUT2D eigenvalue weighted by molar-refractivity contribution is 5.88. The van der Waals surface area contributed by atoms with Crippen LogP contribution in [0.25, 0.3) is 0 Å². The van der Waals surface area contributed by atoms with Gasteiger partial charge in [0.25, 0.3) is 0 Å². The lowest BCUT2D eigenvalue weighted by molar-refractivity contribution is -0.140. The lowest BCUT2D eigenvalue weighted by atomic mass is 9.72. The van der Waals surface area contributed by atoms with E-state index < -0.39 is 6.10 Å². The van der Waals surface area contributed by atoms with Gasteiger partial charge in [0.2, 0.25) is 0 Å². The van der Waals surface area contributed by atoms with Crippen molar-refractivity contribution in [3.05, 3.63) is 0 Å². The van der Waals surface area contributed by atoms with Gasteiger partial charge < -0.3 is 5.11 Å². The third-order valence-corrected chi connectivity index (χ3v) is 2.88. The number of ketones is 1. The molecule has 0 spiro atoms. The van der Waals surface area contributed by atoms with Gasteiger partial charge in [-0.25, -0.2) is 0 Å². The minimum absolute atomic E-state index is 0.0475. The second-order valence-corrected chi connectivity index (χ2v) is 3.69. The summed E-state index contributed by atoms with van der Waals surface area (Å²) in [6, 6.07) is 0. The molecule has 1 aliphatic rings. The topological polar surface area (TPSA) is 37.3 Å².